The molecule has 0 aliphatic carbocycles. The second-order valence-electron chi connectivity index (χ2n) is 15.1. The van der Waals surface area contributed by atoms with Crippen molar-refractivity contribution in [1.82, 2.24) is 19.3 Å². The van der Waals surface area contributed by atoms with E-state index in [0.717, 1.165) is 45.1 Å². The molecule has 0 N–H and O–H groups in total. The predicted octanol–water partition coefficient (Wildman–Crippen LogP) is 11.3. The molecule has 0 bridgehead atoms. The number of benzene rings is 4. The number of para-hydroxylation sites is 1. The smallest absolute Gasteiger partial charge is 0.137 e. The first-order chi connectivity index (χ1) is 22.8. The molecule has 0 radical (unpaired) electrons. The summed E-state index contributed by atoms with van der Waals surface area (Å²) in [6, 6.07) is 31.8. The average Bonchev–Trinajstić information content (AvgIpc) is 3.61. The first-order valence-corrected chi connectivity index (χ1v) is 16.7. The Kier molecular flexibility index (Phi) is 7.54. The maximum atomic E-state index is 6.58. The van der Waals surface area contributed by atoms with Crippen LogP contribution in [0.5, 0.6) is 11.5 Å². The van der Waals surface area contributed by atoms with E-state index in [0.29, 0.717) is 0 Å². The highest BCUT2D eigenvalue weighted by Gasteiger charge is 2.26. The summed E-state index contributed by atoms with van der Waals surface area (Å²) in [5.41, 5.74) is 11.6. The Bertz CT molecular complexity index is 2300. The third kappa shape index (κ3) is 5.68. The molecule has 0 amide bonds. The summed E-state index contributed by atoms with van der Waals surface area (Å²) < 4.78 is 10.8. The van der Waals surface area contributed by atoms with Crippen LogP contribution in [-0.2, 0) is 10.8 Å². The van der Waals surface area contributed by atoms with Crippen LogP contribution in [0.15, 0.2) is 103 Å². The van der Waals surface area contributed by atoms with Gasteiger partial charge in [0.2, 0.25) is 0 Å². The summed E-state index contributed by atoms with van der Waals surface area (Å²) in [5.74, 6) is 2.41. The zero-order valence-corrected chi connectivity index (χ0v) is 29.5. The van der Waals surface area contributed by atoms with Gasteiger partial charge in [0.25, 0.3) is 0 Å². The summed E-state index contributed by atoms with van der Waals surface area (Å²) in [6.45, 7) is 19.9. The molecule has 5 nitrogen and oxygen atoms in total. The highest BCUT2D eigenvalue weighted by atomic mass is 16.5. The van der Waals surface area contributed by atoms with Gasteiger partial charge in [-0.15, -0.1) is 0 Å². The number of aromatic nitrogens is 4. The first kappa shape index (κ1) is 31.4. The lowest BCUT2D eigenvalue weighted by atomic mass is 9.85. The maximum Gasteiger partial charge on any atom is 0.137 e. The van der Waals surface area contributed by atoms with Crippen LogP contribution in [0.3, 0.4) is 0 Å². The molecule has 4 aromatic carbocycles. The Hall–Kier alpha value is -5.16. The second kappa shape index (κ2) is 11.5. The number of nitrogens with zero attached hydrogens (tertiary/aromatic N) is 4. The van der Waals surface area contributed by atoms with Crippen LogP contribution < -0.4 is 4.74 Å². The van der Waals surface area contributed by atoms with Crippen molar-refractivity contribution in [2.24, 2.45) is 0 Å². The van der Waals surface area contributed by atoms with Crippen molar-refractivity contribution in [3.63, 3.8) is 0 Å². The summed E-state index contributed by atoms with van der Waals surface area (Å²) in [5, 5.41) is 7.52. The summed E-state index contributed by atoms with van der Waals surface area (Å²) in [6.07, 6.45) is 4.09. The lowest BCUT2D eigenvalue weighted by Crippen LogP contribution is -2.14. The Labute approximate surface area is 283 Å². The van der Waals surface area contributed by atoms with Crippen molar-refractivity contribution in [3.8, 4) is 34.1 Å². The van der Waals surface area contributed by atoms with E-state index in [-0.39, 0.29) is 10.8 Å². The van der Waals surface area contributed by atoms with Crippen molar-refractivity contribution in [1.29, 1.82) is 0 Å². The van der Waals surface area contributed by atoms with Crippen LogP contribution >= 0.6 is 0 Å². The molecule has 7 rings (SSSR count). The van der Waals surface area contributed by atoms with Crippen LogP contribution in [0.1, 0.15) is 69.5 Å². The molecule has 0 saturated heterocycles. The lowest BCUT2D eigenvalue weighted by molar-refractivity contribution is 0.482. The number of hydrogen-bond donors (Lipinski definition) is 0. The van der Waals surface area contributed by atoms with E-state index in [4.69, 9.17) is 14.8 Å². The fraction of sp³-hybridized carbons (Fsp3) is 0.256. The minimum atomic E-state index is -0.131. The molecule has 0 aliphatic heterocycles. The molecule has 242 valence electrons. The Morgan fingerprint density at radius 1 is 0.646 bits per heavy atom. The van der Waals surface area contributed by atoms with Crippen LogP contribution in [0.4, 0.5) is 0 Å². The van der Waals surface area contributed by atoms with E-state index >= 15 is 0 Å². The molecule has 48 heavy (non-hydrogen) atoms. The van der Waals surface area contributed by atoms with Crippen molar-refractivity contribution < 1.29 is 4.74 Å². The molecule has 3 heterocycles. The number of rotatable bonds is 5. The van der Waals surface area contributed by atoms with Gasteiger partial charge in [0, 0.05) is 46.3 Å². The van der Waals surface area contributed by atoms with Gasteiger partial charge < -0.3 is 4.74 Å². The van der Waals surface area contributed by atoms with Gasteiger partial charge in [-0.3, -0.25) is 4.57 Å². The van der Waals surface area contributed by atoms with Crippen LogP contribution in [-0.4, -0.2) is 19.3 Å². The second-order valence-corrected chi connectivity index (χ2v) is 15.1. The number of ether oxygens (including phenoxy) is 1. The van der Waals surface area contributed by atoms with Gasteiger partial charge in [-0.25, -0.2) is 9.67 Å². The van der Waals surface area contributed by atoms with E-state index in [9.17, 15) is 0 Å². The van der Waals surface area contributed by atoms with Gasteiger partial charge in [0.05, 0.1) is 22.4 Å². The number of pyridine rings is 1. The Morgan fingerprint density at radius 3 is 2.08 bits per heavy atom. The van der Waals surface area contributed by atoms with Crippen molar-refractivity contribution in [3.05, 3.63) is 131 Å². The van der Waals surface area contributed by atoms with Gasteiger partial charge >= 0.3 is 0 Å². The molecule has 7 aromatic rings. The molecule has 0 saturated carbocycles. The molecular weight excluding hydrogens is 589 g/mol. The van der Waals surface area contributed by atoms with Gasteiger partial charge in [-0.2, -0.15) is 5.10 Å². The standard InChI is InChI=1S/C43H44N4O/c1-27-21-28(2)40(29(3)22-27)36-26-46(45-41(36)43(7,8)9)31-13-12-14-32(24-31)48-33-17-18-35-34-15-10-11-16-37(34)47(38(35)25-33)39-23-30(19-20-44-39)42(4,5)6/h10-26H,1-9H3. The third-order valence-corrected chi connectivity index (χ3v) is 9.17. The maximum absolute atomic E-state index is 6.58. The van der Waals surface area contributed by atoms with E-state index in [1.54, 1.807) is 0 Å². The van der Waals surface area contributed by atoms with Crippen LogP contribution in [0.25, 0.3) is 44.4 Å². The molecule has 0 unspecified atom stereocenters. The lowest BCUT2D eigenvalue weighted by Gasteiger charge is -2.20. The van der Waals surface area contributed by atoms with Crippen LogP contribution in [0, 0.1) is 20.8 Å². The normalized spacial score (nSPS) is 12.3. The highest BCUT2D eigenvalue weighted by molar-refractivity contribution is 6.09. The molecule has 3 aromatic heterocycles. The minimum Gasteiger partial charge on any atom is -0.457 e. The predicted molar refractivity (Wildman–Crippen MR) is 199 cm³/mol. The largest absolute Gasteiger partial charge is 0.457 e. The van der Waals surface area contributed by atoms with Crippen molar-refractivity contribution >= 4 is 21.8 Å². The van der Waals surface area contributed by atoms with E-state index in [1.165, 1.54) is 38.8 Å². The fourth-order valence-electron chi connectivity index (χ4n) is 6.94. The molecule has 0 fully saturated rings. The van der Waals surface area contributed by atoms with Crippen molar-refractivity contribution in [2.45, 2.75) is 73.1 Å². The fourth-order valence-corrected chi connectivity index (χ4v) is 6.94. The average molecular weight is 633 g/mol. The quantitative estimate of drug-likeness (QED) is 0.190. The summed E-state index contributed by atoms with van der Waals surface area (Å²) >= 11 is 0. The molecular formula is C43H44N4O. The van der Waals surface area contributed by atoms with Gasteiger partial charge in [0.1, 0.15) is 17.3 Å². The monoisotopic (exact) mass is 632 g/mol. The van der Waals surface area contributed by atoms with Gasteiger partial charge in [0.15, 0.2) is 0 Å². The van der Waals surface area contributed by atoms with E-state index in [1.807, 2.05) is 23.0 Å². The molecule has 0 atom stereocenters. The van der Waals surface area contributed by atoms with Gasteiger partial charge in [-0.05, 0) is 90.9 Å². The zero-order chi connectivity index (χ0) is 34.0. The first-order valence-electron chi connectivity index (χ1n) is 16.7. The minimum absolute atomic E-state index is 0.0104. The molecule has 0 spiro atoms. The molecule has 0 aliphatic rings. The highest BCUT2D eigenvalue weighted by Crippen LogP contribution is 2.38. The molecule has 5 heteroatoms. The number of fused-ring (bicyclic) bond motifs is 3. The van der Waals surface area contributed by atoms with E-state index < -0.39 is 0 Å². The third-order valence-electron chi connectivity index (χ3n) is 9.17. The number of hydrogen-bond acceptors (Lipinski definition) is 3. The Morgan fingerprint density at radius 2 is 1.35 bits per heavy atom. The van der Waals surface area contributed by atoms with E-state index in [2.05, 4.69) is 152 Å². The number of aryl methyl sites for hydroxylation is 3. The summed E-state index contributed by atoms with van der Waals surface area (Å²) in [7, 11) is 0. The van der Waals surface area contributed by atoms with Gasteiger partial charge in [-0.1, -0.05) is 83.5 Å². The SMILES string of the molecule is Cc1cc(C)c(-c2cn(-c3cccc(Oc4ccc5c6ccccc6n(-c6cc(C(C)(C)C)ccn6)c5c4)c3)nc2C(C)(C)C)c(C)c1. The van der Waals surface area contributed by atoms with Crippen LogP contribution in [0.2, 0.25) is 0 Å². The Balaban J connectivity index is 1.29. The van der Waals surface area contributed by atoms with Crippen molar-refractivity contribution in [2.75, 3.05) is 0 Å². The topological polar surface area (TPSA) is 44.9 Å². The zero-order valence-electron chi connectivity index (χ0n) is 29.5. The summed E-state index contributed by atoms with van der Waals surface area (Å²) in [4.78, 5) is 4.83.